The van der Waals surface area contributed by atoms with Gasteiger partial charge in [0, 0.05) is 31.5 Å². The minimum Gasteiger partial charge on any atom is -0.480 e. The van der Waals surface area contributed by atoms with Gasteiger partial charge in [-0.25, -0.2) is 4.79 Å². The zero-order valence-corrected chi connectivity index (χ0v) is 21.4. The van der Waals surface area contributed by atoms with Crippen molar-refractivity contribution in [2.24, 2.45) is 23.7 Å². The van der Waals surface area contributed by atoms with Crippen LogP contribution in [0.15, 0.2) is 0 Å². The summed E-state index contributed by atoms with van der Waals surface area (Å²) in [7, 11) is -1.73. The van der Waals surface area contributed by atoms with Crippen LogP contribution in [0, 0.1) is 23.7 Å². The van der Waals surface area contributed by atoms with Crippen molar-refractivity contribution < 1.29 is 33.3 Å². The summed E-state index contributed by atoms with van der Waals surface area (Å²) >= 11 is 0. The van der Waals surface area contributed by atoms with E-state index in [1.807, 2.05) is 0 Å². The van der Waals surface area contributed by atoms with Crippen molar-refractivity contribution in [3.8, 4) is 0 Å². The first kappa shape index (κ1) is 26.1. The molecular formula is C24H44O7Si. The lowest BCUT2D eigenvalue weighted by Crippen LogP contribution is -2.39. The molecule has 1 saturated carbocycles. The van der Waals surface area contributed by atoms with Crippen molar-refractivity contribution in [1.29, 1.82) is 0 Å². The van der Waals surface area contributed by atoms with Gasteiger partial charge in [-0.15, -0.1) is 0 Å². The van der Waals surface area contributed by atoms with Crippen LogP contribution in [0.4, 0.5) is 0 Å². The third-order valence-corrected chi connectivity index (χ3v) is 9.78. The summed E-state index contributed by atoms with van der Waals surface area (Å²) in [4.78, 5) is 10.7. The predicted molar refractivity (Wildman–Crippen MR) is 124 cm³/mol. The maximum Gasteiger partial charge on any atom is 0.329 e. The second kappa shape index (κ2) is 12.3. The molecule has 1 N–H and O–H groups in total. The quantitative estimate of drug-likeness (QED) is 0.449. The Bertz CT molecular complexity index is 579. The molecule has 3 fully saturated rings. The lowest BCUT2D eigenvalue weighted by atomic mass is 9.88. The van der Waals surface area contributed by atoms with Gasteiger partial charge < -0.3 is 28.5 Å². The van der Waals surface area contributed by atoms with E-state index in [0.717, 1.165) is 57.8 Å². The molecule has 8 heteroatoms. The van der Waals surface area contributed by atoms with Gasteiger partial charge in [-0.1, -0.05) is 13.8 Å². The Balaban J connectivity index is 1.61. The highest BCUT2D eigenvalue weighted by Gasteiger charge is 2.47. The molecule has 3 rings (SSSR count). The van der Waals surface area contributed by atoms with Gasteiger partial charge in [0.2, 0.25) is 0 Å². The van der Waals surface area contributed by atoms with Crippen LogP contribution in [0.2, 0.25) is 19.1 Å². The number of ether oxygens (including phenoxy) is 4. The second-order valence-corrected chi connectivity index (χ2v) is 15.1. The summed E-state index contributed by atoms with van der Waals surface area (Å²) < 4.78 is 30.7. The summed E-state index contributed by atoms with van der Waals surface area (Å²) in [5.41, 5.74) is 0. The molecule has 186 valence electrons. The van der Waals surface area contributed by atoms with E-state index in [1.165, 1.54) is 0 Å². The molecule has 7 nitrogen and oxygen atoms in total. The largest absolute Gasteiger partial charge is 0.480 e. The van der Waals surface area contributed by atoms with Crippen LogP contribution in [0.25, 0.3) is 0 Å². The smallest absolute Gasteiger partial charge is 0.329 e. The molecule has 0 amide bonds. The van der Waals surface area contributed by atoms with E-state index in [2.05, 4.69) is 26.9 Å². The third kappa shape index (κ3) is 8.06. The number of rotatable bonds is 11. The van der Waals surface area contributed by atoms with Crippen molar-refractivity contribution >= 4 is 14.3 Å². The van der Waals surface area contributed by atoms with E-state index in [0.29, 0.717) is 31.0 Å². The average Bonchev–Trinajstić information content (AvgIpc) is 2.91. The Morgan fingerprint density at radius 2 is 1.94 bits per heavy atom. The lowest BCUT2D eigenvalue weighted by molar-refractivity contribution is -0.198. The Morgan fingerprint density at radius 3 is 2.62 bits per heavy atom. The van der Waals surface area contributed by atoms with E-state index in [-0.39, 0.29) is 31.0 Å². The zero-order chi connectivity index (χ0) is 23.1. The van der Waals surface area contributed by atoms with Gasteiger partial charge in [-0.2, -0.15) is 0 Å². The molecule has 2 heterocycles. The van der Waals surface area contributed by atoms with Crippen molar-refractivity contribution in [3.05, 3.63) is 0 Å². The third-order valence-electron chi connectivity index (χ3n) is 7.03. The molecule has 32 heavy (non-hydrogen) atoms. The summed E-state index contributed by atoms with van der Waals surface area (Å²) in [6, 6.07) is 1.16. The van der Waals surface area contributed by atoms with Gasteiger partial charge in [-0.05, 0) is 63.1 Å². The Labute approximate surface area is 194 Å². The molecule has 1 unspecified atom stereocenters. The van der Waals surface area contributed by atoms with Crippen LogP contribution in [-0.4, -0.2) is 70.9 Å². The van der Waals surface area contributed by atoms with E-state index >= 15 is 0 Å². The second-order valence-electron chi connectivity index (χ2n) is 10.9. The number of hydrogen-bond donors (Lipinski definition) is 1. The van der Waals surface area contributed by atoms with Crippen LogP contribution in [0.3, 0.4) is 0 Å². The van der Waals surface area contributed by atoms with Crippen LogP contribution in [0.5, 0.6) is 0 Å². The fourth-order valence-electron chi connectivity index (χ4n) is 5.70. The minimum atomic E-state index is -1.73. The highest BCUT2D eigenvalue weighted by atomic mass is 28.4. The van der Waals surface area contributed by atoms with Gasteiger partial charge in [0.25, 0.3) is 0 Å². The zero-order valence-electron chi connectivity index (χ0n) is 20.4. The SMILES string of the molecule is CC(C)C[Si](C)(C)OC[C@@H]1[C@H]2CC[C@H](COCC(=O)O)CO[C@H]2C[C@H]1OC1CCCCO1. The summed E-state index contributed by atoms with van der Waals surface area (Å²) in [5, 5.41) is 8.82. The number of hydrogen-bond acceptors (Lipinski definition) is 6. The lowest BCUT2D eigenvalue weighted by Gasteiger charge is -2.33. The number of aliphatic carboxylic acids is 1. The molecule has 1 aliphatic carbocycles. The topological polar surface area (TPSA) is 83.5 Å². The number of carboxylic acids is 1. The van der Waals surface area contributed by atoms with E-state index in [1.54, 1.807) is 0 Å². The monoisotopic (exact) mass is 472 g/mol. The number of carbonyl (C=O) groups is 1. The molecule has 0 radical (unpaired) electrons. The van der Waals surface area contributed by atoms with Gasteiger partial charge in [0.05, 0.1) is 25.4 Å². The first-order valence-corrected chi connectivity index (χ1v) is 15.7. The van der Waals surface area contributed by atoms with Crippen LogP contribution in [-0.2, 0) is 28.2 Å². The molecular weight excluding hydrogens is 428 g/mol. The summed E-state index contributed by atoms with van der Waals surface area (Å²) in [6.07, 6.45) is 6.32. The molecule has 0 spiro atoms. The Kier molecular flexibility index (Phi) is 10.0. The number of carboxylic acid groups (broad SMARTS) is 1. The van der Waals surface area contributed by atoms with E-state index < -0.39 is 14.3 Å². The molecule has 0 aromatic carbocycles. The van der Waals surface area contributed by atoms with Gasteiger partial charge >= 0.3 is 5.97 Å². The van der Waals surface area contributed by atoms with Gasteiger partial charge in [0.1, 0.15) is 6.61 Å². The average molecular weight is 473 g/mol. The highest BCUT2D eigenvalue weighted by molar-refractivity contribution is 6.71. The van der Waals surface area contributed by atoms with E-state index in [9.17, 15) is 4.79 Å². The van der Waals surface area contributed by atoms with Crippen LogP contribution >= 0.6 is 0 Å². The van der Waals surface area contributed by atoms with Crippen LogP contribution < -0.4 is 0 Å². The first-order chi connectivity index (χ1) is 15.2. The fourth-order valence-corrected chi connectivity index (χ4v) is 8.43. The molecule has 2 saturated heterocycles. The van der Waals surface area contributed by atoms with Crippen molar-refractivity contribution in [1.82, 2.24) is 0 Å². The minimum absolute atomic E-state index is 0.100. The molecule has 0 bridgehead atoms. The Morgan fingerprint density at radius 1 is 1.12 bits per heavy atom. The molecule has 0 aromatic rings. The van der Waals surface area contributed by atoms with Crippen molar-refractivity contribution in [2.75, 3.05) is 33.0 Å². The van der Waals surface area contributed by atoms with Crippen LogP contribution in [0.1, 0.15) is 52.4 Å². The Hall–Kier alpha value is -0.513. The highest BCUT2D eigenvalue weighted by Crippen LogP contribution is 2.43. The summed E-state index contributed by atoms with van der Waals surface area (Å²) in [6.45, 7) is 11.5. The maximum absolute atomic E-state index is 10.7. The predicted octanol–water partition coefficient (Wildman–Crippen LogP) is 4.31. The molecule has 2 aliphatic heterocycles. The maximum atomic E-state index is 10.7. The normalized spacial score (nSPS) is 33.8. The fraction of sp³-hybridized carbons (Fsp3) is 0.958. The molecule has 6 atom stereocenters. The molecule has 0 aromatic heterocycles. The standard InChI is InChI=1S/C24H44O7Si/c1-17(2)16-32(3,4)30-14-20-19-9-8-18(12-27-15-23(25)26)13-29-21(19)11-22(20)31-24-7-5-6-10-28-24/h17-22,24H,5-16H2,1-4H3,(H,25,26)/t18-,19-,20-,21+,22-,24?/m1/s1. The van der Waals surface area contributed by atoms with Crippen molar-refractivity contribution in [3.63, 3.8) is 0 Å². The first-order valence-electron chi connectivity index (χ1n) is 12.6. The number of fused-ring (bicyclic) bond motifs is 1. The van der Waals surface area contributed by atoms with Crippen molar-refractivity contribution in [2.45, 2.75) is 90.0 Å². The van der Waals surface area contributed by atoms with Gasteiger partial charge in [-0.3, -0.25) is 0 Å². The van der Waals surface area contributed by atoms with E-state index in [4.69, 9.17) is 28.5 Å². The molecule has 3 aliphatic rings. The summed E-state index contributed by atoms with van der Waals surface area (Å²) in [5.74, 6) is 0.671. The van der Waals surface area contributed by atoms with Gasteiger partial charge in [0.15, 0.2) is 14.6 Å².